The number of hydrogen-bond acceptors (Lipinski definition) is 8. The first-order chi connectivity index (χ1) is 10.7. The molecule has 0 unspecified atom stereocenters. The quantitative estimate of drug-likeness (QED) is 0.695. The number of ether oxygens (including phenoxy) is 5. The summed E-state index contributed by atoms with van der Waals surface area (Å²) in [5.41, 5.74) is 0. The summed E-state index contributed by atoms with van der Waals surface area (Å²) in [5, 5.41) is 0. The molecule has 8 nitrogen and oxygen atoms in total. The molecule has 0 aromatic carbocycles. The lowest BCUT2D eigenvalue weighted by Crippen LogP contribution is -2.61. The summed E-state index contributed by atoms with van der Waals surface area (Å²) in [4.78, 5) is 35.9. The van der Waals surface area contributed by atoms with Gasteiger partial charge >= 0.3 is 11.9 Å². The summed E-state index contributed by atoms with van der Waals surface area (Å²) in [7, 11) is 0. The monoisotopic (exact) mass is 330 g/mol. The maximum atomic E-state index is 12.8. The van der Waals surface area contributed by atoms with E-state index in [9.17, 15) is 14.4 Å². The molecule has 0 aliphatic carbocycles. The number of carbonyl (C=O) groups excluding carboxylic acids is 3. The van der Waals surface area contributed by atoms with Gasteiger partial charge in [0.25, 0.3) is 5.79 Å². The van der Waals surface area contributed by atoms with E-state index in [4.69, 9.17) is 23.7 Å². The second kappa shape index (κ2) is 6.54. The number of ketones is 1. The molecule has 2 aliphatic rings. The average molecular weight is 330 g/mol. The largest absolute Gasteiger partial charge is 0.455 e. The predicted octanol–water partition coefficient (Wildman–Crippen LogP) is 0.708. The van der Waals surface area contributed by atoms with Crippen molar-refractivity contribution in [2.75, 3.05) is 13.2 Å². The molecule has 2 aliphatic heterocycles. The molecular formula is C15H22O8. The fourth-order valence-electron chi connectivity index (χ4n) is 2.38. The minimum absolute atomic E-state index is 0.0922. The lowest BCUT2D eigenvalue weighted by atomic mass is 9.98. The zero-order valence-corrected chi connectivity index (χ0v) is 13.7. The van der Waals surface area contributed by atoms with E-state index in [1.165, 1.54) is 0 Å². The fourth-order valence-corrected chi connectivity index (χ4v) is 2.38. The van der Waals surface area contributed by atoms with Crippen LogP contribution < -0.4 is 0 Å². The summed E-state index contributed by atoms with van der Waals surface area (Å²) in [6.07, 6.45) is -2.04. The molecule has 3 atom stereocenters. The summed E-state index contributed by atoms with van der Waals surface area (Å²) < 4.78 is 26.9. The van der Waals surface area contributed by atoms with Crippen molar-refractivity contribution in [1.29, 1.82) is 0 Å². The van der Waals surface area contributed by atoms with Crippen molar-refractivity contribution < 1.29 is 38.1 Å². The van der Waals surface area contributed by atoms with Crippen LogP contribution in [0, 0.1) is 0 Å². The van der Waals surface area contributed by atoms with Crippen LogP contribution in [-0.4, -0.2) is 54.7 Å². The van der Waals surface area contributed by atoms with E-state index in [1.54, 1.807) is 27.7 Å². The topological polar surface area (TPSA) is 97.4 Å². The molecular weight excluding hydrogens is 308 g/mol. The minimum atomic E-state index is -1.64. The Morgan fingerprint density at radius 2 is 1.74 bits per heavy atom. The Morgan fingerprint density at radius 3 is 2.26 bits per heavy atom. The molecule has 0 aromatic rings. The Balaban J connectivity index is 2.21. The van der Waals surface area contributed by atoms with Crippen LogP contribution in [-0.2, 0) is 38.1 Å². The first-order valence-corrected chi connectivity index (χ1v) is 7.64. The fraction of sp³-hybridized carbons (Fsp3) is 0.800. The Hall–Kier alpha value is -1.51. The van der Waals surface area contributed by atoms with Gasteiger partial charge in [-0.15, -0.1) is 0 Å². The third-order valence-corrected chi connectivity index (χ3v) is 3.59. The molecule has 0 radical (unpaired) electrons. The van der Waals surface area contributed by atoms with Gasteiger partial charge < -0.3 is 23.7 Å². The van der Waals surface area contributed by atoms with Crippen molar-refractivity contribution in [1.82, 2.24) is 0 Å². The SMILES string of the molecule is CCC(=O)O[C@@H]1CO[C@]2(COC(C)(C)O2)C(=O)[C@@H]1OC(=O)CC. The van der Waals surface area contributed by atoms with Crippen molar-refractivity contribution in [2.24, 2.45) is 0 Å². The highest BCUT2D eigenvalue weighted by Gasteiger charge is 2.60. The minimum Gasteiger partial charge on any atom is -0.455 e. The zero-order chi connectivity index (χ0) is 17.3. The zero-order valence-electron chi connectivity index (χ0n) is 13.7. The Kier molecular flexibility index (Phi) is 5.07. The van der Waals surface area contributed by atoms with Crippen LogP contribution in [0.5, 0.6) is 0 Å². The van der Waals surface area contributed by atoms with Crippen LogP contribution in [0.15, 0.2) is 0 Å². The number of hydrogen-bond donors (Lipinski definition) is 0. The lowest BCUT2D eigenvalue weighted by Gasteiger charge is -2.38. The molecule has 23 heavy (non-hydrogen) atoms. The van der Waals surface area contributed by atoms with E-state index in [0.717, 1.165) is 0 Å². The first kappa shape index (κ1) is 17.8. The molecule has 0 N–H and O–H groups in total. The number of esters is 2. The third kappa shape index (κ3) is 3.70. The van der Waals surface area contributed by atoms with Gasteiger partial charge in [0.2, 0.25) is 11.9 Å². The van der Waals surface area contributed by atoms with E-state index >= 15 is 0 Å². The highest BCUT2D eigenvalue weighted by Crippen LogP contribution is 2.37. The molecule has 2 rings (SSSR count). The Labute approximate surface area is 134 Å². The van der Waals surface area contributed by atoms with Crippen molar-refractivity contribution in [2.45, 2.75) is 64.3 Å². The van der Waals surface area contributed by atoms with Crippen LogP contribution in [0.4, 0.5) is 0 Å². The van der Waals surface area contributed by atoms with E-state index in [0.29, 0.717) is 0 Å². The van der Waals surface area contributed by atoms with Gasteiger partial charge in [-0.1, -0.05) is 13.8 Å². The first-order valence-electron chi connectivity index (χ1n) is 7.64. The van der Waals surface area contributed by atoms with Gasteiger partial charge in [-0.05, 0) is 13.8 Å². The molecule has 2 saturated heterocycles. The molecule has 8 heteroatoms. The van der Waals surface area contributed by atoms with Gasteiger partial charge in [0.15, 0.2) is 11.9 Å². The van der Waals surface area contributed by atoms with E-state index < -0.39 is 41.5 Å². The van der Waals surface area contributed by atoms with Crippen LogP contribution in [0.3, 0.4) is 0 Å². The molecule has 1 spiro atoms. The molecule has 0 bridgehead atoms. The summed E-state index contributed by atoms with van der Waals surface area (Å²) >= 11 is 0. The van der Waals surface area contributed by atoms with Crippen molar-refractivity contribution >= 4 is 17.7 Å². The van der Waals surface area contributed by atoms with Gasteiger partial charge in [-0.25, -0.2) is 0 Å². The van der Waals surface area contributed by atoms with Gasteiger partial charge in [-0.3, -0.25) is 14.4 Å². The maximum Gasteiger partial charge on any atom is 0.306 e. The second-order valence-corrected chi connectivity index (χ2v) is 5.86. The van der Waals surface area contributed by atoms with Gasteiger partial charge in [0.1, 0.15) is 6.61 Å². The van der Waals surface area contributed by atoms with Crippen LogP contribution in [0.1, 0.15) is 40.5 Å². The van der Waals surface area contributed by atoms with Crippen LogP contribution >= 0.6 is 0 Å². The standard InChI is InChI=1S/C15H22O8/c1-5-10(16)21-9-7-19-15(8-20-14(3,4)23-15)13(18)12(9)22-11(17)6-2/h9,12H,5-8H2,1-4H3/t9-,12-,15+/m1/s1. The normalized spacial score (nSPS) is 32.8. The highest BCUT2D eigenvalue weighted by atomic mass is 16.8. The van der Waals surface area contributed by atoms with Crippen LogP contribution in [0.25, 0.3) is 0 Å². The highest BCUT2D eigenvalue weighted by molar-refractivity contribution is 5.93. The number of carbonyl (C=O) groups is 3. The predicted molar refractivity (Wildman–Crippen MR) is 75.1 cm³/mol. The van der Waals surface area contributed by atoms with Crippen LogP contribution in [0.2, 0.25) is 0 Å². The average Bonchev–Trinajstić information content (AvgIpc) is 2.82. The van der Waals surface area contributed by atoms with Gasteiger partial charge in [0, 0.05) is 12.8 Å². The maximum absolute atomic E-state index is 12.8. The van der Waals surface area contributed by atoms with E-state index in [-0.39, 0.29) is 26.1 Å². The molecule has 0 aromatic heterocycles. The Bertz CT molecular complexity index is 500. The summed E-state index contributed by atoms with van der Waals surface area (Å²) in [6, 6.07) is 0. The molecule has 2 fully saturated rings. The summed E-state index contributed by atoms with van der Waals surface area (Å²) in [5.74, 6) is -4.34. The lowest BCUT2D eigenvalue weighted by molar-refractivity contribution is -0.274. The summed E-state index contributed by atoms with van der Waals surface area (Å²) in [6.45, 7) is 6.28. The molecule has 0 amide bonds. The number of rotatable bonds is 4. The molecule has 0 saturated carbocycles. The van der Waals surface area contributed by atoms with Crippen molar-refractivity contribution in [3.8, 4) is 0 Å². The molecule has 2 heterocycles. The second-order valence-electron chi connectivity index (χ2n) is 5.86. The smallest absolute Gasteiger partial charge is 0.306 e. The number of Topliss-reactive ketones (excluding diaryl/α,β-unsaturated/α-hetero) is 1. The van der Waals surface area contributed by atoms with Gasteiger partial charge in [-0.2, -0.15) is 0 Å². The van der Waals surface area contributed by atoms with Crippen molar-refractivity contribution in [3.05, 3.63) is 0 Å². The van der Waals surface area contributed by atoms with Gasteiger partial charge in [0.05, 0.1) is 6.61 Å². The van der Waals surface area contributed by atoms with E-state index in [2.05, 4.69) is 0 Å². The Morgan fingerprint density at radius 1 is 1.13 bits per heavy atom. The van der Waals surface area contributed by atoms with E-state index in [1.807, 2.05) is 0 Å². The third-order valence-electron chi connectivity index (χ3n) is 3.59. The molecule has 130 valence electrons. The van der Waals surface area contributed by atoms with Crippen molar-refractivity contribution in [3.63, 3.8) is 0 Å².